The molecule has 32 heavy (non-hydrogen) atoms. The number of primary amides is 1. The predicted octanol–water partition coefficient (Wildman–Crippen LogP) is 2.14. The molecule has 1 saturated heterocycles. The summed E-state index contributed by atoms with van der Waals surface area (Å²) >= 11 is 0. The molecule has 4 rings (SSSR count). The van der Waals surface area contributed by atoms with Gasteiger partial charge in [-0.3, -0.25) is 9.59 Å². The number of amides is 2. The van der Waals surface area contributed by atoms with Crippen LogP contribution in [0.2, 0.25) is 0 Å². The molecule has 1 aliphatic carbocycles. The SMILES string of the molecule is NC(=O)c1cc(S(=O)(=O)N2CCCC2)ccc1OCC(=O)NC1CCCc2ccccc21. The highest BCUT2D eigenvalue weighted by Crippen LogP contribution is 2.30. The zero-order valence-corrected chi connectivity index (χ0v) is 18.6. The van der Waals surface area contributed by atoms with Gasteiger partial charge in [0.05, 0.1) is 16.5 Å². The molecule has 0 spiro atoms. The number of sulfonamides is 1. The Morgan fingerprint density at radius 1 is 1.09 bits per heavy atom. The fourth-order valence-corrected chi connectivity index (χ4v) is 5.89. The first-order chi connectivity index (χ1) is 15.4. The molecule has 2 aromatic rings. The van der Waals surface area contributed by atoms with E-state index in [-0.39, 0.29) is 34.8 Å². The van der Waals surface area contributed by atoms with Gasteiger partial charge < -0.3 is 15.8 Å². The summed E-state index contributed by atoms with van der Waals surface area (Å²) in [7, 11) is -3.70. The zero-order valence-electron chi connectivity index (χ0n) is 17.7. The quantitative estimate of drug-likeness (QED) is 0.660. The molecule has 1 aliphatic heterocycles. The van der Waals surface area contributed by atoms with Gasteiger partial charge in [0.25, 0.3) is 11.8 Å². The molecule has 1 fully saturated rings. The summed E-state index contributed by atoms with van der Waals surface area (Å²) in [6.45, 7) is 0.602. The molecule has 170 valence electrons. The highest BCUT2D eigenvalue weighted by atomic mass is 32.2. The lowest BCUT2D eigenvalue weighted by Gasteiger charge is -2.26. The lowest BCUT2D eigenvalue weighted by Crippen LogP contribution is -2.34. The number of hydrogen-bond donors (Lipinski definition) is 2. The summed E-state index contributed by atoms with van der Waals surface area (Å²) < 4.78 is 32.5. The monoisotopic (exact) mass is 457 g/mol. The summed E-state index contributed by atoms with van der Waals surface area (Å²) in [5, 5.41) is 2.98. The second kappa shape index (κ2) is 9.30. The molecular weight excluding hydrogens is 430 g/mol. The summed E-state index contributed by atoms with van der Waals surface area (Å²) in [6, 6.07) is 11.9. The van der Waals surface area contributed by atoms with Gasteiger partial charge in [0.1, 0.15) is 5.75 Å². The minimum atomic E-state index is -3.70. The van der Waals surface area contributed by atoms with E-state index in [4.69, 9.17) is 10.5 Å². The standard InChI is InChI=1S/C23H27N3O5S/c24-23(28)19-14-17(32(29,30)26-12-3-4-13-26)10-11-21(19)31-15-22(27)25-20-9-5-7-16-6-1-2-8-18(16)20/h1-2,6,8,10-11,14,20H,3-5,7,9,12-13,15H2,(H2,24,28)(H,25,27). The number of ether oxygens (including phenoxy) is 1. The number of nitrogens with two attached hydrogens (primary N) is 1. The fraction of sp³-hybridized carbons (Fsp3) is 0.391. The molecule has 0 radical (unpaired) electrons. The third kappa shape index (κ3) is 4.63. The van der Waals surface area contributed by atoms with E-state index >= 15 is 0 Å². The minimum Gasteiger partial charge on any atom is -0.483 e. The minimum absolute atomic E-state index is 0.0104. The van der Waals surface area contributed by atoms with Crippen LogP contribution in [0.25, 0.3) is 0 Å². The summed E-state index contributed by atoms with van der Waals surface area (Å²) in [6.07, 6.45) is 4.45. The highest BCUT2D eigenvalue weighted by molar-refractivity contribution is 7.89. The van der Waals surface area contributed by atoms with E-state index in [2.05, 4.69) is 11.4 Å². The Kier molecular flexibility index (Phi) is 6.48. The zero-order chi connectivity index (χ0) is 22.7. The van der Waals surface area contributed by atoms with Crippen LogP contribution in [0.5, 0.6) is 5.75 Å². The molecule has 0 bridgehead atoms. The van der Waals surface area contributed by atoms with Crippen LogP contribution in [0.1, 0.15) is 53.2 Å². The number of rotatable bonds is 7. The van der Waals surface area contributed by atoms with Crippen LogP contribution in [0, 0.1) is 0 Å². The van der Waals surface area contributed by atoms with Crippen molar-refractivity contribution in [1.29, 1.82) is 0 Å². The Hall–Kier alpha value is -2.91. The van der Waals surface area contributed by atoms with Gasteiger partial charge in [-0.2, -0.15) is 4.31 Å². The van der Waals surface area contributed by atoms with Crippen molar-refractivity contribution in [3.05, 3.63) is 59.2 Å². The molecule has 1 heterocycles. The average molecular weight is 458 g/mol. The van der Waals surface area contributed by atoms with Crippen LogP contribution in [-0.2, 0) is 21.2 Å². The molecule has 9 heteroatoms. The maximum Gasteiger partial charge on any atom is 0.258 e. The van der Waals surface area contributed by atoms with Gasteiger partial charge in [0.2, 0.25) is 10.0 Å². The van der Waals surface area contributed by atoms with Gasteiger partial charge in [0, 0.05) is 13.1 Å². The maximum atomic E-state index is 12.8. The number of carbonyl (C=O) groups is 2. The molecule has 0 aromatic heterocycles. The summed E-state index contributed by atoms with van der Waals surface area (Å²) in [4.78, 5) is 24.5. The molecule has 2 aromatic carbocycles. The second-order valence-electron chi connectivity index (χ2n) is 8.13. The van der Waals surface area contributed by atoms with Crippen LogP contribution < -0.4 is 15.8 Å². The average Bonchev–Trinajstić information content (AvgIpc) is 3.34. The predicted molar refractivity (Wildman–Crippen MR) is 119 cm³/mol. The van der Waals surface area contributed by atoms with E-state index < -0.39 is 15.9 Å². The van der Waals surface area contributed by atoms with Crippen molar-refractivity contribution in [3.8, 4) is 5.75 Å². The third-order valence-corrected chi connectivity index (χ3v) is 7.88. The molecule has 0 saturated carbocycles. The first-order valence-corrected chi connectivity index (χ1v) is 12.2. The number of fused-ring (bicyclic) bond motifs is 1. The van der Waals surface area contributed by atoms with Crippen molar-refractivity contribution >= 4 is 21.8 Å². The van der Waals surface area contributed by atoms with E-state index in [0.717, 1.165) is 37.7 Å². The normalized spacial score (nSPS) is 18.7. The fourth-order valence-electron chi connectivity index (χ4n) is 4.35. The Bertz CT molecular complexity index is 1130. The van der Waals surface area contributed by atoms with Gasteiger partial charge in [-0.1, -0.05) is 24.3 Å². The lowest BCUT2D eigenvalue weighted by atomic mass is 9.88. The third-order valence-electron chi connectivity index (χ3n) is 5.98. The lowest BCUT2D eigenvalue weighted by molar-refractivity contribution is -0.124. The van der Waals surface area contributed by atoms with Crippen LogP contribution in [0.3, 0.4) is 0 Å². The van der Waals surface area contributed by atoms with E-state index in [9.17, 15) is 18.0 Å². The Labute approximate surface area is 187 Å². The summed E-state index contributed by atoms with van der Waals surface area (Å²) in [5.41, 5.74) is 7.74. The van der Waals surface area contributed by atoms with Crippen LogP contribution >= 0.6 is 0 Å². The maximum absolute atomic E-state index is 12.8. The molecule has 8 nitrogen and oxygen atoms in total. The van der Waals surface area contributed by atoms with Crippen molar-refractivity contribution in [2.75, 3.05) is 19.7 Å². The number of aryl methyl sites for hydroxylation is 1. The number of nitrogens with zero attached hydrogens (tertiary/aromatic N) is 1. The molecule has 3 N–H and O–H groups in total. The van der Waals surface area contributed by atoms with Gasteiger partial charge in [-0.25, -0.2) is 8.42 Å². The topological polar surface area (TPSA) is 119 Å². The van der Waals surface area contributed by atoms with Gasteiger partial charge in [0.15, 0.2) is 6.61 Å². The van der Waals surface area contributed by atoms with Gasteiger partial charge in [-0.15, -0.1) is 0 Å². The smallest absolute Gasteiger partial charge is 0.258 e. The van der Waals surface area contributed by atoms with Gasteiger partial charge >= 0.3 is 0 Å². The first kappa shape index (κ1) is 22.3. The van der Waals surface area contributed by atoms with E-state index in [1.165, 1.54) is 28.1 Å². The Morgan fingerprint density at radius 2 is 1.84 bits per heavy atom. The number of nitrogens with one attached hydrogen (secondary N) is 1. The van der Waals surface area contributed by atoms with Crippen molar-refractivity contribution in [3.63, 3.8) is 0 Å². The van der Waals surface area contributed by atoms with Crippen LogP contribution in [0.4, 0.5) is 0 Å². The van der Waals surface area contributed by atoms with E-state index in [0.29, 0.717) is 13.1 Å². The summed E-state index contributed by atoms with van der Waals surface area (Å²) in [5.74, 6) is -1.06. The van der Waals surface area contributed by atoms with Crippen molar-refractivity contribution in [2.24, 2.45) is 5.73 Å². The number of benzene rings is 2. The molecule has 2 aliphatic rings. The van der Waals surface area contributed by atoms with Crippen molar-refractivity contribution in [2.45, 2.75) is 43.0 Å². The van der Waals surface area contributed by atoms with Gasteiger partial charge in [-0.05, 0) is 61.4 Å². The molecular formula is C23H27N3O5S. The highest BCUT2D eigenvalue weighted by Gasteiger charge is 2.28. The number of hydrogen-bond acceptors (Lipinski definition) is 5. The van der Waals surface area contributed by atoms with E-state index in [1.54, 1.807) is 0 Å². The van der Waals surface area contributed by atoms with Crippen LogP contribution in [-0.4, -0.2) is 44.2 Å². The number of carbonyl (C=O) groups excluding carboxylic acids is 2. The largest absolute Gasteiger partial charge is 0.483 e. The van der Waals surface area contributed by atoms with Crippen molar-refractivity contribution in [1.82, 2.24) is 9.62 Å². The molecule has 1 atom stereocenters. The van der Waals surface area contributed by atoms with Crippen LogP contribution in [0.15, 0.2) is 47.4 Å². The molecule has 2 amide bonds. The van der Waals surface area contributed by atoms with Crippen molar-refractivity contribution < 1.29 is 22.7 Å². The van der Waals surface area contributed by atoms with E-state index in [1.807, 2.05) is 18.2 Å². The Morgan fingerprint density at radius 3 is 2.59 bits per heavy atom. The second-order valence-corrected chi connectivity index (χ2v) is 10.1. The first-order valence-electron chi connectivity index (χ1n) is 10.8. The molecule has 1 unspecified atom stereocenters. The Balaban J connectivity index is 1.45.